The summed E-state index contributed by atoms with van der Waals surface area (Å²) in [5.74, 6) is 2.35. The first kappa shape index (κ1) is 9.00. The van der Waals surface area contributed by atoms with Crippen LogP contribution in [0, 0.1) is 22.5 Å². The number of aromatic nitrogens is 1. The molecule has 66 valence electrons. The van der Waals surface area contributed by atoms with Crippen LogP contribution >= 0.6 is 0 Å². The van der Waals surface area contributed by atoms with Crippen LogP contribution in [0.2, 0.25) is 0 Å². The molecule has 0 saturated carbocycles. The minimum Gasteiger partial charge on any atom is -0.474 e. The number of hydrogen-bond donors (Lipinski definition) is 0. The molecular formula is C8H6N2O3. The van der Waals surface area contributed by atoms with Crippen LogP contribution < -0.4 is 4.74 Å². The molecular weight excluding hydrogens is 172 g/mol. The lowest BCUT2D eigenvalue weighted by Gasteiger charge is -2.00. The highest BCUT2D eigenvalue weighted by molar-refractivity contribution is 5.43. The van der Waals surface area contributed by atoms with Crippen LogP contribution in [0.25, 0.3) is 0 Å². The monoisotopic (exact) mass is 178 g/mol. The van der Waals surface area contributed by atoms with Gasteiger partial charge in [-0.2, -0.15) is 0 Å². The molecule has 0 unspecified atom stereocenters. The zero-order chi connectivity index (χ0) is 9.68. The molecule has 1 aromatic heterocycles. The van der Waals surface area contributed by atoms with Crippen LogP contribution in [0.5, 0.6) is 5.75 Å². The molecule has 0 aliphatic rings. The summed E-state index contributed by atoms with van der Waals surface area (Å²) >= 11 is 0. The van der Waals surface area contributed by atoms with E-state index in [4.69, 9.17) is 11.2 Å². The van der Waals surface area contributed by atoms with Gasteiger partial charge in [-0.25, -0.2) is 0 Å². The standard InChI is InChI=1S/C8H6N2O3/c1-2-5-13-8-3-4-9-6-7(8)10(11)12/h1,3-4,6H,5H2. The van der Waals surface area contributed by atoms with E-state index < -0.39 is 4.92 Å². The molecule has 0 fully saturated rings. The average Bonchev–Trinajstić information content (AvgIpc) is 2.15. The molecule has 1 rings (SSSR count). The first-order chi connectivity index (χ1) is 6.25. The lowest BCUT2D eigenvalue weighted by Crippen LogP contribution is -1.98. The molecule has 0 aliphatic carbocycles. The number of ether oxygens (including phenoxy) is 1. The Morgan fingerprint density at radius 2 is 2.54 bits per heavy atom. The zero-order valence-electron chi connectivity index (χ0n) is 6.64. The van der Waals surface area contributed by atoms with Gasteiger partial charge in [0, 0.05) is 12.3 Å². The highest BCUT2D eigenvalue weighted by atomic mass is 16.6. The van der Waals surface area contributed by atoms with Crippen molar-refractivity contribution in [2.24, 2.45) is 0 Å². The minimum atomic E-state index is -0.571. The second-order valence-electron chi connectivity index (χ2n) is 2.09. The molecule has 5 heteroatoms. The van der Waals surface area contributed by atoms with Crippen molar-refractivity contribution in [2.75, 3.05) is 6.61 Å². The molecule has 0 saturated heterocycles. The highest BCUT2D eigenvalue weighted by Crippen LogP contribution is 2.24. The van der Waals surface area contributed by atoms with Gasteiger partial charge in [0.2, 0.25) is 5.75 Å². The molecule has 0 amide bonds. The number of nitro groups is 1. The zero-order valence-corrected chi connectivity index (χ0v) is 6.64. The van der Waals surface area contributed by atoms with Crippen molar-refractivity contribution in [3.8, 4) is 18.1 Å². The van der Waals surface area contributed by atoms with Crippen molar-refractivity contribution in [1.82, 2.24) is 4.98 Å². The fraction of sp³-hybridized carbons (Fsp3) is 0.125. The number of hydrogen-bond acceptors (Lipinski definition) is 4. The number of pyridine rings is 1. The Kier molecular flexibility index (Phi) is 2.82. The Hall–Kier alpha value is -2.09. The molecule has 0 aromatic carbocycles. The predicted octanol–water partition coefficient (Wildman–Crippen LogP) is 1.00. The van der Waals surface area contributed by atoms with Crippen LogP contribution in [0.1, 0.15) is 0 Å². The van der Waals surface area contributed by atoms with Crippen LogP contribution in [0.4, 0.5) is 5.69 Å². The van der Waals surface area contributed by atoms with Crippen molar-refractivity contribution >= 4 is 5.69 Å². The molecule has 0 atom stereocenters. The van der Waals surface area contributed by atoms with E-state index in [0.717, 1.165) is 6.20 Å². The summed E-state index contributed by atoms with van der Waals surface area (Å²) in [5.41, 5.74) is -0.183. The molecule has 0 aliphatic heterocycles. The van der Waals surface area contributed by atoms with E-state index in [2.05, 4.69) is 10.9 Å². The second kappa shape index (κ2) is 4.07. The second-order valence-corrected chi connectivity index (χ2v) is 2.09. The SMILES string of the molecule is C#CCOc1ccncc1[N+](=O)[O-]. The van der Waals surface area contributed by atoms with Crippen LogP contribution in [-0.2, 0) is 0 Å². The van der Waals surface area contributed by atoms with Crippen molar-refractivity contribution in [2.45, 2.75) is 0 Å². The fourth-order valence-electron chi connectivity index (χ4n) is 0.752. The largest absolute Gasteiger partial charge is 0.474 e. The first-order valence-electron chi connectivity index (χ1n) is 3.40. The van der Waals surface area contributed by atoms with E-state index in [1.165, 1.54) is 12.3 Å². The summed E-state index contributed by atoms with van der Waals surface area (Å²) in [6.45, 7) is 0.00481. The van der Waals surface area contributed by atoms with Crippen molar-refractivity contribution in [3.63, 3.8) is 0 Å². The number of rotatable bonds is 3. The predicted molar refractivity (Wildman–Crippen MR) is 45.2 cm³/mol. The molecule has 0 radical (unpaired) electrons. The van der Waals surface area contributed by atoms with Gasteiger partial charge in [0.05, 0.1) is 4.92 Å². The lowest BCUT2D eigenvalue weighted by atomic mass is 10.4. The molecule has 13 heavy (non-hydrogen) atoms. The van der Waals surface area contributed by atoms with E-state index in [1.807, 2.05) is 0 Å². The van der Waals surface area contributed by atoms with Crippen molar-refractivity contribution in [3.05, 3.63) is 28.6 Å². The van der Waals surface area contributed by atoms with Gasteiger partial charge in [-0.05, 0) is 0 Å². The van der Waals surface area contributed by atoms with Gasteiger partial charge >= 0.3 is 5.69 Å². The van der Waals surface area contributed by atoms with Gasteiger partial charge in [0.1, 0.15) is 12.8 Å². The lowest BCUT2D eigenvalue weighted by molar-refractivity contribution is -0.386. The maximum Gasteiger partial charge on any atom is 0.329 e. The van der Waals surface area contributed by atoms with Crippen LogP contribution in [0.3, 0.4) is 0 Å². The highest BCUT2D eigenvalue weighted by Gasteiger charge is 2.13. The topological polar surface area (TPSA) is 65.3 Å². The quantitative estimate of drug-likeness (QED) is 0.393. The average molecular weight is 178 g/mol. The number of terminal acetylenes is 1. The van der Waals surface area contributed by atoms with Gasteiger partial charge in [0.25, 0.3) is 0 Å². The molecule has 1 aromatic rings. The fourth-order valence-corrected chi connectivity index (χ4v) is 0.752. The minimum absolute atomic E-state index is 0.00481. The van der Waals surface area contributed by atoms with Gasteiger partial charge in [-0.3, -0.25) is 15.1 Å². The van der Waals surface area contributed by atoms with Crippen LogP contribution in [-0.4, -0.2) is 16.5 Å². The van der Waals surface area contributed by atoms with E-state index in [0.29, 0.717) is 0 Å². The summed E-state index contributed by atoms with van der Waals surface area (Å²) in [6.07, 6.45) is 7.46. The molecule has 5 nitrogen and oxygen atoms in total. The maximum absolute atomic E-state index is 10.4. The summed E-state index contributed by atoms with van der Waals surface area (Å²) in [5, 5.41) is 10.4. The molecule has 0 N–H and O–H groups in total. The third-order valence-corrected chi connectivity index (χ3v) is 1.27. The van der Waals surface area contributed by atoms with Crippen molar-refractivity contribution in [1.29, 1.82) is 0 Å². The van der Waals surface area contributed by atoms with E-state index in [1.54, 1.807) is 0 Å². The Morgan fingerprint density at radius 3 is 3.15 bits per heavy atom. The Bertz CT molecular complexity index is 357. The normalized spacial score (nSPS) is 8.85. The Morgan fingerprint density at radius 1 is 1.77 bits per heavy atom. The maximum atomic E-state index is 10.4. The van der Waals surface area contributed by atoms with Gasteiger partial charge in [0.15, 0.2) is 0 Å². The van der Waals surface area contributed by atoms with E-state index in [9.17, 15) is 10.1 Å². The summed E-state index contributed by atoms with van der Waals surface area (Å²) in [7, 11) is 0. The van der Waals surface area contributed by atoms with E-state index in [-0.39, 0.29) is 18.0 Å². The summed E-state index contributed by atoms with van der Waals surface area (Å²) < 4.78 is 4.93. The van der Waals surface area contributed by atoms with Gasteiger partial charge in [-0.1, -0.05) is 5.92 Å². The van der Waals surface area contributed by atoms with Gasteiger partial charge in [-0.15, -0.1) is 6.42 Å². The molecule has 0 bridgehead atoms. The first-order valence-corrected chi connectivity index (χ1v) is 3.40. The summed E-state index contributed by atoms with van der Waals surface area (Å²) in [4.78, 5) is 13.4. The Labute approximate surface area is 74.5 Å². The van der Waals surface area contributed by atoms with Crippen LogP contribution in [0.15, 0.2) is 18.5 Å². The van der Waals surface area contributed by atoms with Crippen molar-refractivity contribution < 1.29 is 9.66 Å². The molecule has 0 spiro atoms. The number of nitrogens with zero attached hydrogens (tertiary/aromatic N) is 2. The third-order valence-electron chi connectivity index (χ3n) is 1.27. The summed E-state index contributed by atoms with van der Waals surface area (Å²) in [6, 6.07) is 1.40. The van der Waals surface area contributed by atoms with E-state index >= 15 is 0 Å². The van der Waals surface area contributed by atoms with Gasteiger partial charge < -0.3 is 4.74 Å². The molecule has 1 heterocycles. The third kappa shape index (κ3) is 2.17. The smallest absolute Gasteiger partial charge is 0.329 e. The Balaban J connectivity index is 2.92.